The molecular weight excluding hydrogens is 210 g/mol. The van der Waals surface area contributed by atoms with Gasteiger partial charge in [-0.05, 0) is 30.7 Å². The van der Waals surface area contributed by atoms with Crippen LogP contribution in [0.3, 0.4) is 0 Å². The van der Waals surface area contributed by atoms with Crippen molar-refractivity contribution >= 4 is 0 Å². The lowest BCUT2D eigenvalue weighted by Gasteiger charge is -2.15. The Labute approximate surface area is 104 Å². The van der Waals surface area contributed by atoms with Crippen LogP contribution in [-0.2, 0) is 11.3 Å². The first kappa shape index (κ1) is 12.6. The quantitative estimate of drug-likeness (QED) is 0.745. The molecule has 1 unspecified atom stereocenters. The Balaban J connectivity index is 1.61. The van der Waals surface area contributed by atoms with E-state index in [9.17, 15) is 0 Å². The zero-order chi connectivity index (χ0) is 11.9. The highest BCUT2D eigenvalue weighted by Crippen LogP contribution is 2.19. The minimum absolute atomic E-state index is 0.652. The fourth-order valence-electron chi connectivity index (χ4n) is 1.86. The number of benzene rings is 1. The van der Waals surface area contributed by atoms with E-state index in [1.807, 2.05) is 6.07 Å². The largest absolute Gasteiger partial charge is 0.376 e. The molecular formula is C15H23NO. The zero-order valence-corrected chi connectivity index (χ0v) is 10.7. The summed E-state index contributed by atoms with van der Waals surface area (Å²) in [5.41, 5.74) is 1.26. The maximum atomic E-state index is 5.79. The highest BCUT2D eigenvalue weighted by molar-refractivity contribution is 5.13. The number of ether oxygens (including phenoxy) is 1. The third-order valence-corrected chi connectivity index (χ3v) is 3.32. The summed E-state index contributed by atoms with van der Waals surface area (Å²) in [5, 5.41) is 3.58. The molecule has 0 spiro atoms. The highest BCUT2D eigenvalue weighted by atomic mass is 16.5. The summed E-state index contributed by atoms with van der Waals surface area (Å²) >= 11 is 0. The van der Waals surface area contributed by atoms with Crippen molar-refractivity contribution in [1.29, 1.82) is 0 Å². The van der Waals surface area contributed by atoms with E-state index in [1.165, 1.54) is 24.8 Å². The van der Waals surface area contributed by atoms with Crippen molar-refractivity contribution in [3.8, 4) is 0 Å². The first-order valence-corrected chi connectivity index (χ1v) is 6.73. The van der Waals surface area contributed by atoms with Gasteiger partial charge in [0.2, 0.25) is 0 Å². The van der Waals surface area contributed by atoms with Crippen molar-refractivity contribution in [2.75, 3.05) is 13.2 Å². The highest BCUT2D eigenvalue weighted by Gasteiger charge is 2.21. The van der Waals surface area contributed by atoms with E-state index < -0.39 is 0 Å². The molecule has 1 aromatic carbocycles. The van der Waals surface area contributed by atoms with Gasteiger partial charge in [-0.1, -0.05) is 37.3 Å². The molecule has 1 atom stereocenters. The fraction of sp³-hybridized carbons (Fsp3) is 0.600. The Morgan fingerprint density at radius 2 is 2.06 bits per heavy atom. The molecule has 0 aliphatic heterocycles. The molecule has 0 bridgehead atoms. The van der Waals surface area contributed by atoms with Crippen molar-refractivity contribution < 1.29 is 4.74 Å². The third kappa shape index (κ3) is 4.88. The Morgan fingerprint density at radius 3 is 2.71 bits per heavy atom. The third-order valence-electron chi connectivity index (χ3n) is 3.32. The van der Waals surface area contributed by atoms with Crippen LogP contribution in [0, 0.1) is 5.92 Å². The molecule has 0 saturated heterocycles. The maximum Gasteiger partial charge on any atom is 0.0717 e. The fourth-order valence-corrected chi connectivity index (χ4v) is 1.86. The van der Waals surface area contributed by atoms with Gasteiger partial charge in [0.15, 0.2) is 0 Å². The molecule has 1 aliphatic carbocycles. The Bertz CT molecular complexity index is 308. The molecule has 0 heterocycles. The number of nitrogens with one attached hydrogen (secondary N) is 1. The molecule has 2 nitrogen and oxygen atoms in total. The van der Waals surface area contributed by atoms with E-state index in [-0.39, 0.29) is 0 Å². The van der Waals surface area contributed by atoms with Gasteiger partial charge < -0.3 is 10.1 Å². The van der Waals surface area contributed by atoms with Crippen LogP contribution in [0.5, 0.6) is 0 Å². The maximum absolute atomic E-state index is 5.79. The van der Waals surface area contributed by atoms with Crippen molar-refractivity contribution in [1.82, 2.24) is 5.32 Å². The molecule has 1 aromatic rings. The molecule has 1 aliphatic rings. The Morgan fingerprint density at radius 1 is 1.29 bits per heavy atom. The van der Waals surface area contributed by atoms with E-state index in [0.29, 0.717) is 5.92 Å². The first-order chi connectivity index (χ1) is 8.38. The molecule has 1 fully saturated rings. The van der Waals surface area contributed by atoms with Crippen molar-refractivity contribution in [3.05, 3.63) is 35.9 Å². The minimum Gasteiger partial charge on any atom is -0.376 e. The smallest absolute Gasteiger partial charge is 0.0717 e. The van der Waals surface area contributed by atoms with Crippen molar-refractivity contribution in [3.63, 3.8) is 0 Å². The lowest BCUT2D eigenvalue weighted by atomic mass is 10.1. The van der Waals surface area contributed by atoms with Crippen LogP contribution in [0.2, 0.25) is 0 Å². The van der Waals surface area contributed by atoms with Gasteiger partial charge in [0.05, 0.1) is 13.2 Å². The summed E-state index contributed by atoms with van der Waals surface area (Å²) in [6.45, 7) is 4.95. The molecule has 2 heteroatoms. The molecule has 1 N–H and O–H groups in total. The average molecular weight is 233 g/mol. The van der Waals surface area contributed by atoms with Crippen LogP contribution in [-0.4, -0.2) is 19.2 Å². The summed E-state index contributed by atoms with van der Waals surface area (Å²) in [5.74, 6) is 0.652. The molecule has 0 amide bonds. The van der Waals surface area contributed by atoms with Gasteiger partial charge in [0.25, 0.3) is 0 Å². The summed E-state index contributed by atoms with van der Waals surface area (Å²) in [7, 11) is 0. The lowest BCUT2D eigenvalue weighted by molar-refractivity contribution is 0.0851. The second-order valence-corrected chi connectivity index (χ2v) is 4.96. The van der Waals surface area contributed by atoms with Crippen LogP contribution < -0.4 is 5.32 Å². The Hall–Kier alpha value is -0.860. The van der Waals surface area contributed by atoms with Gasteiger partial charge in [0.1, 0.15) is 0 Å². The van der Waals surface area contributed by atoms with Crippen molar-refractivity contribution in [2.24, 2.45) is 5.92 Å². The van der Waals surface area contributed by atoms with Crippen LogP contribution in [0.25, 0.3) is 0 Å². The van der Waals surface area contributed by atoms with Crippen LogP contribution in [0.15, 0.2) is 30.3 Å². The summed E-state index contributed by atoms with van der Waals surface area (Å²) < 4.78 is 5.79. The monoisotopic (exact) mass is 233 g/mol. The lowest BCUT2D eigenvalue weighted by Crippen LogP contribution is -2.27. The van der Waals surface area contributed by atoms with Crippen LogP contribution in [0.4, 0.5) is 0 Å². The van der Waals surface area contributed by atoms with Gasteiger partial charge in [-0.15, -0.1) is 0 Å². The van der Waals surface area contributed by atoms with Crippen LogP contribution in [0.1, 0.15) is 31.7 Å². The summed E-state index contributed by atoms with van der Waals surface area (Å²) in [6, 6.07) is 11.2. The predicted octanol–water partition coefficient (Wildman–Crippen LogP) is 2.98. The number of hydrogen-bond donors (Lipinski definition) is 1. The van der Waals surface area contributed by atoms with Gasteiger partial charge in [-0.2, -0.15) is 0 Å². The van der Waals surface area contributed by atoms with E-state index in [0.717, 1.165) is 25.8 Å². The number of hydrogen-bond acceptors (Lipinski definition) is 2. The SMILES string of the molecule is CCC(CNC1CC1)COCc1ccccc1. The molecule has 0 aromatic heterocycles. The number of rotatable bonds is 8. The molecule has 1 saturated carbocycles. The van der Waals surface area contributed by atoms with Gasteiger partial charge in [-0.25, -0.2) is 0 Å². The molecule has 2 rings (SSSR count). The van der Waals surface area contributed by atoms with Gasteiger partial charge in [-0.3, -0.25) is 0 Å². The van der Waals surface area contributed by atoms with E-state index in [4.69, 9.17) is 4.74 Å². The normalized spacial score (nSPS) is 17.0. The predicted molar refractivity (Wildman–Crippen MR) is 70.9 cm³/mol. The zero-order valence-electron chi connectivity index (χ0n) is 10.7. The van der Waals surface area contributed by atoms with Gasteiger partial charge >= 0.3 is 0 Å². The topological polar surface area (TPSA) is 21.3 Å². The molecule has 0 radical (unpaired) electrons. The van der Waals surface area contributed by atoms with E-state index >= 15 is 0 Å². The van der Waals surface area contributed by atoms with Crippen LogP contribution >= 0.6 is 0 Å². The molecule has 94 valence electrons. The van der Waals surface area contributed by atoms with Gasteiger partial charge in [0, 0.05) is 12.6 Å². The second-order valence-electron chi connectivity index (χ2n) is 4.96. The standard InChI is InChI=1S/C15H23NO/c1-2-13(10-16-15-8-9-15)11-17-12-14-6-4-3-5-7-14/h3-7,13,15-16H,2,8-12H2,1H3. The summed E-state index contributed by atoms with van der Waals surface area (Å²) in [4.78, 5) is 0. The first-order valence-electron chi connectivity index (χ1n) is 6.73. The molecule has 17 heavy (non-hydrogen) atoms. The van der Waals surface area contributed by atoms with E-state index in [2.05, 4.69) is 36.5 Å². The summed E-state index contributed by atoms with van der Waals surface area (Å²) in [6.07, 6.45) is 3.91. The minimum atomic E-state index is 0.652. The van der Waals surface area contributed by atoms with Crippen molar-refractivity contribution in [2.45, 2.75) is 38.8 Å². The second kappa shape index (κ2) is 6.77. The van der Waals surface area contributed by atoms with E-state index in [1.54, 1.807) is 0 Å². The Kier molecular flexibility index (Phi) is 5.02. The average Bonchev–Trinajstić information content (AvgIpc) is 3.19.